The lowest BCUT2D eigenvalue weighted by Gasteiger charge is -2.15. The first-order valence-corrected chi connectivity index (χ1v) is 5.91. The number of nitrogens with one attached hydrogen (secondary N) is 1. The van der Waals surface area contributed by atoms with Crippen LogP contribution < -0.4 is 10.1 Å². The predicted octanol–water partition coefficient (Wildman–Crippen LogP) is 2.70. The zero-order chi connectivity index (χ0) is 10.3. The number of fused-ring (bicyclic) bond motifs is 1. The predicted molar refractivity (Wildman–Crippen MR) is 60.6 cm³/mol. The summed E-state index contributed by atoms with van der Waals surface area (Å²) in [4.78, 5) is 0. The van der Waals surface area contributed by atoms with Gasteiger partial charge in [-0.3, -0.25) is 0 Å². The molecule has 1 aromatic carbocycles. The van der Waals surface area contributed by atoms with E-state index in [9.17, 15) is 0 Å². The van der Waals surface area contributed by atoms with Gasteiger partial charge in [0, 0.05) is 23.0 Å². The number of benzene rings is 1. The summed E-state index contributed by atoms with van der Waals surface area (Å²) < 4.78 is 5.70. The van der Waals surface area contributed by atoms with Crippen molar-refractivity contribution in [3.63, 3.8) is 0 Å². The van der Waals surface area contributed by atoms with Crippen LogP contribution in [0.25, 0.3) is 0 Å². The van der Waals surface area contributed by atoms with Gasteiger partial charge in [-0.05, 0) is 37.1 Å². The maximum atomic E-state index is 6.12. The second-order valence-corrected chi connectivity index (χ2v) is 4.67. The van der Waals surface area contributed by atoms with Crippen LogP contribution >= 0.6 is 11.6 Å². The molecule has 0 saturated carbocycles. The first-order chi connectivity index (χ1) is 7.34. The molecule has 3 heteroatoms. The Morgan fingerprint density at radius 3 is 3.13 bits per heavy atom. The number of rotatable bonds is 1. The van der Waals surface area contributed by atoms with Crippen molar-refractivity contribution >= 4 is 11.6 Å². The lowest BCUT2D eigenvalue weighted by molar-refractivity contribution is 0.350. The highest BCUT2D eigenvalue weighted by Crippen LogP contribution is 2.38. The van der Waals surface area contributed by atoms with Crippen molar-refractivity contribution in [3.8, 4) is 5.75 Å². The Labute approximate surface area is 94.6 Å². The zero-order valence-electron chi connectivity index (χ0n) is 8.55. The van der Waals surface area contributed by atoms with Crippen LogP contribution in [0.15, 0.2) is 12.1 Å². The molecule has 0 spiro atoms. The molecule has 2 aliphatic heterocycles. The Balaban J connectivity index is 2.05. The van der Waals surface area contributed by atoms with Crippen LogP contribution in [-0.4, -0.2) is 13.2 Å². The van der Waals surface area contributed by atoms with Crippen LogP contribution in [0.2, 0.25) is 5.02 Å². The average molecular weight is 224 g/mol. The van der Waals surface area contributed by atoms with Gasteiger partial charge in [0.05, 0.1) is 6.61 Å². The van der Waals surface area contributed by atoms with Gasteiger partial charge in [-0.2, -0.15) is 0 Å². The van der Waals surface area contributed by atoms with E-state index in [0.29, 0.717) is 6.04 Å². The summed E-state index contributed by atoms with van der Waals surface area (Å²) in [5.41, 5.74) is 2.53. The Kier molecular flexibility index (Phi) is 2.33. The maximum absolute atomic E-state index is 6.12. The molecule has 0 radical (unpaired) electrons. The van der Waals surface area contributed by atoms with Gasteiger partial charge in [-0.1, -0.05) is 11.6 Å². The van der Waals surface area contributed by atoms with Gasteiger partial charge >= 0.3 is 0 Å². The van der Waals surface area contributed by atoms with Gasteiger partial charge < -0.3 is 10.1 Å². The van der Waals surface area contributed by atoms with E-state index in [1.165, 1.54) is 24.0 Å². The van der Waals surface area contributed by atoms with Crippen LogP contribution in [0, 0.1) is 0 Å². The largest absolute Gasteiger partial charge is 0.493 e. The summed E-state index contributed by atoms with van der Waals surface area (Å²) in [5, 5.41) is 4.33. The number of hydrogen-bond acceptors (Lipinski definition) is 2. The summed E-state index contributed by atoms with van der Waals surface area (Å²) in [7, 11) is 0. The van der Waals surface area contributed by atoms with Crippen LogP contribution in [0.3, 0.4) is 0 Å². The van der Waals surface area contributed by atoms with Crippen LogP contribution in [0.1, 0.15) is 30.0 Å². The Morgan fingerprint density at radius 2 is 2.33 bits per heavy atom. The second-order valence-electron chi connectivity index (χ2n) is 4.23. The highest BCUT2D eigenvalue weighted by Gasteiger charge is 2.25. The fraction of sp³-hybridized carbons (Fsp3) is 0.500. The van der Waals surface area contributed by atoms with Gasteiger partial charge in [0.2, 0.25) is 0 Å². The molecule has 15 heavy (non-hydrogen) atoms. The Hall–Kier alpha value is -0.730. The molecule has 2 nitrogen and oxygen atoms in total. The molecule has 0 unspecified atom stereocenters. The summed E-state index contributed by atoms with van der Waals surface area (Å²) in [6.45, 7) is 1.90. The van der Waals surface area contributed by atoms with Crippen molar-refractivity contribution in [1.82, 2.24) is 5.32 Å². The van der Waals surface area contributed by atoms with E-state index >= 15 is 0 Å². The molecule has 0 aliphatic carbocycles. The van der Waals surface area contributed by atoms with E-state index in [1.807, 2.05) is 6.07 Å². The minimum Gasteiger partial charge on any atom is -0.493 e. The summed E-state index contributed by atoms with van der Waals surface area (Å²) in [5.74, 6) is 1.08. The van der Waals surface area contributed by atoms with Crippen LogP contribution in [-0.2, 0) is 6.42 Å². The third-order valence-corrected chi connectivity index (χ3v) is 3.43. The molecule has 3 rings (SSSR count). The normalized spacial score (nSPS) is 23.9. The molecular weight excluding hydrogens is 210 g/mol. The van der Waals surface area contributed by atoms with Crippen molar-refractivity contribution in [2.45, 2.75) is 25.3 Å². The average Bonchev–Trinajstić information content (AvgIpc) is 2.86. The SMILES string of the molecule is Clc1cc2c(c([C@@H]3CCCN3)c1)OCC2. The van der Waals surface area contributed by atoms with Crippen LogP contribution in [0.5, 0.6) is 5.75 Å². The number of hydrogen-bond donors (Lipinski definition) is 1. The molecule has 0 bridgehead atoms. The lowest BCUT2D eigenvalue weighted by atomic mass is 10.0. The minimum absolute atomic E-state index is 0.440. The first-order valence-electron chi connectivity index (χ1n) is 5.53. The van der Waals surface area contributed by atoms with E-state index in [2.05, 4.69) is 11.4 Å². The van der Waals surface area contributed by atoms with Crippen molar-refractivity contribution in [2.75, 3.05) is 13.2 Å². The van der Waals surface area contributed by atoms with Crippen molar-refractivity contribution in [3.05, 3.63) is 28.3 Å². The Bertz CT molecular complexity index is 385. The molecule has 2 aliphatic rings. The maximum Gasteiger partial charge on any atom is 0.127 e. The highest BCUT2D eigenvalue weighted by molar-refractivity contribution is 6.30. The smallest absolute Gasteiger partial charge is 0.127 e. The van der Waals surface area contributed by atoms with E-state index in [0.717, 1.165) is 30.3 Å². The third kappa shape index (κ3) is 1.62. The summed E-state index contributed by atoms with van der Waals surface area (Å²) in [6, 6.07) is 4.52. The quantitative estimate of drug-likeness (QED) is 0.791. The fourth-order valence-corrected chi connectivity index (χ4v) is 2.76. The molecule has 1 aromatic rings. The summed E-state index contributed by atoms with van der Waals surface area (Å²) >= 11 is 6.12. The van der Waals surface area contributed by atoms with Crippen LogP contribution in [0.4, 0.5) is 0 Å². The molecular formula is C12H14ClNO. The van der Waals surface area contributed by atoms with Gasteiger partial charge in [-0.25, -0.2) is 0 Å². The fourth-order valence-electron chi connectivity index (χ4n) is 2.51. The lowest BCUT2D eigenvalue weighted by Crippen LogP contribution is -2.13. The molecule has 1 N–H and O–H groups in total. The molecule has 0 amide bonds. The summed E-state index contributed by atoms with van der Waals surface area (Å²) in [6.07, 6.45) is 3.43. The van der Waals surface area contributed by atoms with Gasteiger partial charge in [0.15, 0.2) is 0 Å². The monoisotopic (exact) mass is 223 g/mol. The molecule has 1 fully saturated rings. The molecule has 1 saturated heterocycles. The van der Waals surface area contributed by atoms with Gasteiger partial charge in [-0.15, -0.1) is 0 Å². The first kappa shape index (κ1) is 9.49. The number of halogens is 1. The van der Waals surface area contributed by atoms with Gasteiger partial charge in [0.1, 0.15) is 5.75 Å². The van der Waals surface area contributed by atoms with Crippen molar-refractivity contribution in [1.29, 1.82) is 0 Å². The van der Waals surface area contributed by atoms with Crippen molar-refractivity contribution < 1.29 is 4.74 Å². The molecule has 1 atom stereocenters. The Morgan fingerprint density at radius 1 is 1.40 bits per heavy atom. The number of ether oxygens (including phenoxy) is 1. The second kappa shape index (κ2) is 3.69. The van der Waals surface area contributed by atoms with Gasteiger partial charge in [0.25, 0.3) is 0 Å². The van der Waals surface area contributed by atoms with E-state index in [4.69, 9.17) is 16.3 Å². The third-order valence-electron chi connectivity index (χ3n) is 3.21. The highest BCUT2D eigenvalue weighted by atomic mass is 35.5. The van der Waals surface area contributed by atoms with E-state index in [-0.39, 0.29) is 0 Å². The molecule has 80 valence electrons. The topological polar surface area (TPSA) is 21.3 Å². The standard InChI is InChI=1S/C12H14ClNO/c13-9-6-8-3-5-15-12(8)10(7-9)11-2-1-4-14-11/h6-7,11,14H,1-5H2/t11-/m0/s1. The molecule has 2 heterocycles. The zero-order valence-corrected chi connectivity index (χ0v) is 9.31. The van der Waals surface area contributed by atoms with E-state index < -0.39 is 0 Å². The molecule has 0 aromatic heterocycles. The minimum atomic E-state index is 0.440. The van der Waals surface area contributed by atoms with Crippen molar-refractivity contribution in [2.24, 2.45) is 0 Å². The van der Waals surface area contributed by atoms with E-state index in [1.54, 1.807) is 0 Å².